The van der Waals surface area contributed by atoms with E-state index in [-0.39, 0.29) is 4.90 Å². The predicted molar refractivity (Wildman–Crippen MR) is 75.4 cm³/mol. The minimum Gasteiger partial charge on any atom is -0.399 e. The number of pyridine rings is 1. The number of rotatable bonds is 3. The molecule has 0 saturated carbocycles. The Morgan fingerprint density at radius 2 is 1.95 bits per heavy atom. The van der Waals surface area contributed by atoms with Crippen molar-refractivity contribution in [2.75, 3.05) is 10.5 Å². The molecule has 0 aliphatic rings. The smallest absolute Gasteiger partial charge is 0.262 e. The number of nitrogens with two attached hydrogens (primary N) is 1. The van der Waals surface area contributed by atoms with Crippen LogP contribution in [0.4, 0.5) is 11.4 Å². The molecule has 1 aromatic carbocycles. The minimum atomic E-state index is -3.63. The second-order valence-corrected chi connectivity index (χ2v) is 5.92. The highest BCUT2D eigenvalue weighted by Crippen LogP contribution is 2.22. The van der Waals surface area contributed by atoms with Crippen LogP contribution in [0.2, 0.25) is 0 Å². The van der Waals surface area contributed by atoms with E-state index in [2.05, 4.69) is 9.71 Å². The van der Waals surface area contributed by atoms with Gasteiger partial charge < -0.3 is 5.73 Å². The molecule has 0 radical (unpaired) electrons. The van der Waals surface area contributed by atoms with Gasteiger partial charge in [0.15, 0.2) is 0 Å². The highest BCUT2D eigenvalue weighted by Gasteiger charge is 2.17. The third-order valence-electron chi connectivity index (χ3n) is 2.74. The zero-order valence-electron chi connectivity index (χ0n) is 10.7. The number of nitrogens with one attached hydrogen (secondary N) is 1. The van der Waals surface area contributed by atoms with Gasteiger partial charge in [0.2, 0.25) is 0 Å². The van der Waals surface area contributed by atoms with Crippen molar-refractivity contribution in [3.63, 3.8) is 0 Å². The van der Waals surface area contributed by atoms with E-state index >= 15 is 0 Å². The number of sulfonamides is 1. The molecule has 0 saturated heterocycles. The number of hydrogen-bond acceptors (Lipinski definition) is 4. The molecule has 19 heavy (non-hydrogen) atoms. The van der Waals surface area contributed by atoms with E-state index < -0.39 is 10.0 Å². The van der Waals surface area contributed by atoms with Gasteiger partial charge in [-0.25, -0.2) is 8.42 Å². The maximum absolute atomic E-state index is 12.3. The minimum absolute atomic E-state index is 0.213. The third kappa shape index (κ3) is 2.85. The van der Waals surface area contributed by atoms with Crippen LogP contribution in [0.25, 0.3) is 0 Å². The quantitative estimate of drug-likeness (QED) is 0.841. The second-order valence-electron chi connectivity index (χ2n) is 4.27. The molecule has 100 valence electrons. The van der Waals surface area contributed by atoms with Crippen LogP contribution in [0, 0.1) is 13.8 Å². The zero-order valence-corrected chi connectivity index (χ0v) is 11.5. The van der Waals surface area contributed by atoms with Crippen molar-refractivity contribution in [2.45, 2.75) is 18.7 Å². The average Bonchev–Trinajstić information content (AvgIpc) is 2.31. The van der Waals surface area contributed by atoms with Crippen LogP contribution in [0.15, 0.2) is 41.4 Å². The summed E-state index contributed by atoms with van der Waals surface area (Å²) in [6.45, 7) is 3.45. The number of aromatic nitrogens is 1. The number of hydrogen-bond donors (Lipinski definition) is 2. The number of aryl methyl sites for hydroxylation is 2. The summed E-state index contributed by atoms with van der Waals surface area (Å²) in [7, 11) is -3.63. The molecule has 0 bridgehead atoms. The van der Waals surface area contributed by atoms with Gasteiger partial charge in [-0.05, 0) is 49.7 Å². The molecule has 3 N–H and O–H groups in total. The van der Waals surface area contributed by atoms with Crippen molar-refractivity contribution in [3.8, 4) is 0 Å². The third-order valence-corrected chi connectivity index (χ3v) is 4.27. The van der Waals surface area contributed by atoms with E-state index in [1.807, 2.05) is 0 Å². The summed E-state index contributed by atoms with van der Waals surface area (Å²) in [4.78, 5) is 4.26. The first-order valence-electron chi connectivity index (χ1n) is 5.71. The molecule has 0 aliphatic heterocycles. The van der Waals surface area contributed by atoms with Gasteiger partial charge >= 0.3 is 0 Å². The van der Waals surface area contributed by atoms with Crippen LogP contribution < -0.4 is 10.5 Å². The Hall–Kier alpha value is -2.08. The Labute approximate surface area is 112 Å². The van der Waals surface area contributed by atoms with Crippen molar-refractivity contribution in [3.05, 3.63) is 47.8 Å². The lowest BCUT2D eigenvalue weighted by molar-refractivity contribution is 0.600. The Bertz CT molecular complexity index is 712. The Kier molecular flexibility index (Phi) is 3.44. The maximum atomic E-state index is 12.3. The summed E-state index contributed by atoms with van der Waals surface area (Å²) in [6, 6.07) is 8.05. The van der Waals surface area contributed by atoms with Crippen molar-refractivity contribution < 1.29 is 8.42 Å². The Morgan fingerprint density at radius 1 is 1.21 bits per heavy atom. The molecule has 0 unspecified atom stereocenters. The van der Waals surface area contributed by atoms with E-state index in [4.69, 9.17) is 5.73 Å². The van der Waals surface area contributed by atoms with Crippen molar-refractivity contribution in [1.82, 2.24) is 4.98 Å². The highest BCUT2D eigenvalue weighted by molar-refractivity contribution is 7.92. The van der Waals surface area contributed by atoms with E-state index in [1.54, 1.807) is 44.3 Å². The molecular weight excluding hydrogens is 262 g/mol. The standard InChI is InChI=1S/C13H15N3O2S/c1-9-8-11(14)5-6-13(9)19(17,18)16-12-4-3-7-15-10(12)2/h3-8,16H,14H2,1-2H3. The largest absolute Gasteiger partial charge is 0.399 e. The van der Waals surface area contributed by atoms with Crippen molar-refractivity contribution in [2.24, 2.45) is 0 Å². The maximum Gasteiger partial charge on any atom is 0.262 e. The summed E-state index contributed by atoms with van der Waals surface area (Å²) in [5, 5.41) is 0. The first kappa shape index (κ1) is 13.4. The number of benzene rings is 1. The van der Waals surface area contributed by atoms with Crippen LogP contribution in [-0.4, -0.2) is 13.4 Å². The number of nitrogens with zero attached hydrogens (tertiary/aromatic N) is 1. The lowest BCUT2D eigenvalue weighted by Gasteiger charge is -2.12. The van der Waals surface area contributed by atoms with Gasteiger partial charge in [-0.15, -0.1) is 0 Å². The molecule has 0 atom stereocenters. The monoisotopic (exact) mass is 277 g/mol. The molecule has 2 rings (SSSR count). The molecule has 5 nitrogen and oxygen atoms in total. The first-order valence-corrected chi connectivity index (χ1v) is 7.19. The normalized spacial score (nSPS) is 11.3. The fourth-order valence-electron chi connectivity index (χ4n) is 1.77. The van der Waals surface area contributed by atoms with Gasteiger partial charge in [0.1, 0.15) is 0 Å². The molecule has 1 aromatic heterocycles. The first-order chi connectivity index (χ1) is 8.90. The fraction of sp³-hybridized carbons (Fsp3) is 0.154. The molecule has 1 heterocycles. The SMILES string of the molecule is Cc1cc(N)ccc1S(=O)(=O)Nc1cccnc1C. The Balaban J connectivity index is 2.41. The van der Waals surface area contributed by atoms with Crippen molar-refractivity contribution >= 4 is 21.4 Å². The highest BCUT2D eigenvalue weighted by atomic mass is 32.2. The number of anilines is 2. The molecule has 2 aromatic rings. The summed E-state index contributed by atoms with van der Waals surface area (Å²) in [5.74, 6) is 0. The van der Waals surface area contributed by atoms with Gasteiger partial charge in [0.25, 0.3) is 10.0 Å². The molecule has 0 fully saturated rings. The van der Waals surface area contributed by atoms with Gasteiger partial charge in [-0.2, -0.15) is 0 Å². The van der Waals surface area contributed by atoms with E-state index in [0.29, 0.717) is 22.6 Å². The number of nitrogen functional groups attached to an aromatic ring is 1. The molecule has 6 heteroatoms. The van der Waals surface area contributed by atoms with Gasteiger partial charge in [-0.1, -0.05) is 0 Å². The second kappa shape index (κ2) is 4.89. The molecular formula is C13H15N3O2S. The van der Waals surface area contributed by atoms with E-state index in [9.17, 15) is 8.42 Å². The summed E-state index contributed by atoms with van der Waals surface area (Å²) in [5.41, 5.74) is 7.86. The lowest BCUT2D eigenvalue weighted by atomic mass is 10.2. The fourth-order valence-corrected chi connectivity index (χ4v) is 3.11. The van der Waals surface area contributed by atoms with Gasteiger partial charge in [0.05, 0.1) is 16.3 Å². The summed E-state index contributed by atoms with van der Waals surface area (Å²) >= 11 is 0. The van der Waals surface area contributed by atoms with Crippen LogP contribution in [-0.2, 0) is 10.0 Å². The van der Waals surface area contributed by atoms with Crippen LogP contribution >= 0.6 is 0 Å². The van der Waals surface area contributed by atoms with Gasteiger partial charge in [0, 0.05) is 11.9 Å². The van der Waals surface area contributed by atoms with Crippen LogP contribution in [0.5, 0.6) is 0 Å². The zero-order chi connectivity index (χ0) is 14.0. The van der Waals surface area contributed by atoms with Crippen LogP contribution in [0.3, 0.4) is 0 Å². The Morgan fingerprint density at radius 3 is 2.58 bits per heavy atom. The summed E-state index contributed by atoms with van der Waals surface area (Å²) < 4.78 is 27.1. The predicted octanol–water partition coefficient (Wildman–Crippen LogP) is 2.08. The van der Waals surface area contributed by atoms with Gasteiger partial charge in [-0.3, -0.25) is 9.71 Å². The van der Waals surface area contributed by atoms with E-state index in [0.717, 1.165) is 0 Å². The van der Waals surface area contributed by atoms with Crippen LogP contribution in [0.1, 0.15) is 11.3 Å². The molecule has 0 amide bonds. The van der Waals surface area contributed by atoms with Crippen molar-refractivity contribution in [1.29, 1.82) is 0 Å². The summed E-state index contributed by atoms with van der Waals surface area (Å²) in [6.07, 6.45) is 1.61. The van der Waals surface area contributed by atoms with E-state index in [1.165, 1.54) is 6.07 Å². The topological polar surface area (TPSA) is 85.1 Å². The molecule has 0 aliphatic carbocycles. The molecule has 0 spiro atoms. The lowest BCUT2D eigenvalue weighted by Crippen LogP contribution is -2.15. The average molecular weight is 277 g/mol.